The number of hydrogen-bond acceptors (Lipinski definition) is 10. The van der Waals surface area contributed by atoms with Gasteiger partial charge in [0.1, 0.15) is 5.69 Å². The first-order valence-electron chi connectivity index (χ1n) is 9.95. The summed E-state index contributed by atoms with van der Waals surface area (Å²) in [5.41, 5.74) is 9.08. The first kappa shape index (κ1) is 21.1. The van der Waals surface area contributed by atoms with Gasteiger partial charge in [0.15, 0.2) is 5.69 Å². The summed E-state index contributed by atoms with van der Waals surface area (Å²) in [6.45, 7) is 2.21. The zero-order chi connectivity index (χ0) is 22.5. The van der Waals surface area contributed by atoms with Crippen LogP contribution in [-0.2, 0) is 6.54 Å². The van der Waals surface area contributed by atoms with Gasteiger partial charge in [-0.05, 0) is 42.3 Å². The van der Waals surface area contributed by atoms with E-state index in [1.165, 1.54) is 18.7 Å². The van der Waals surface area contributed by atoms with Gasteiger partial charge >= 0.3 is 5.97 Å². The molecule has 1 amide bonds. The normalized spacial score (nSPS) is 14.6. The Morgan fingerprint density at radius 2 is 2.00 bits per heavy atom. The summed E-state index contributed by atoms with van der Waals surface area (Å²) in [4.78, 5) is 26.6. The molecule has 3 aromatic rings. The number of carboxylic acid groups (broad SMARTS) is 1. The van der Waals surface area contributed by atoms with E-state index >= 15 is 0 Å². The van der Waals surface area contributed by atoms with Crippen LogP contribution >= 0.6 is 0 Å². The van der Waals surface area contributed by atoms with Crippen LogP contribution in [0.1, 0.15) is 51.4 Å². The molecule has 0 bridgehead atoms. The number of carbonyl (C=O) groups is 2. The summed E-state index contributed by atoms with van der Waals surface area (Å²) in [7, 11) is 0. The van der Waals surface area contributed by atoms with Crippen LogP contribution in [0, 0.1) is 0 Å². The Morgan fingerprint density at radius 1 is 1.22 bits per heavy atom. The van der Waals surface area contributed by atoms with E-state index in [-0.39, 0.29) is 22.9 Å². The van der Waals surface area contributed by atoms with Crippen molar-refractivity contribution in [2.75, 3.05) is 18.8 Å². The lowest BCUT2D eigenvalue weighted by Gasteiger charge is -2.25. The fourth-order valence-electron chi connectivity index (χ4n) is 3.48. The smallest absolute Gasteiger partial charge is 0.336 e. The number of amides is 1. The second-order valence-electron chi connectivity index (χ2n) is 7.20. The van der Waals surface area contributed by atoms with Crippen LogP contribution in [-0.4, -0.2) is 66.5 Å². The monoisotopic (exact) mass is 439 g/mol. The standard InChI is InChI=1S/C19H21N9O4/c20-16-17(25-32-24-16)28-15(14(22-26-28)11-27-8-4-1-5-9-27)18(29)23-21-10-12-6-2-3-7-13(12)19(30)31/h2-3,6-7,10H,1,4-5,8-9,11H2,(H2,20,24)(H,23,29)(H,30,31)/b21-10-. The number of aromatic nitrogens is 5. The number of piperidine rings is 1. The van der Waals surface area contributed by atoms with E-state index < -0.39 is 11.9 Å². The highest BCUT2D eigenvalue weighted by atomic mass is 16.6. The van der Waals surface area contributed by atoms with E-state index in [1.54, 1.807) is 18.2 Å². The quantitative estimate of drug-likeness (QED) is 0.350. The molecule has 3 heterocycles. The average molecular weight is 439 g/mol. The second-order valence-corrected chi connectivity index (χ2v) is 7.20. The molecule has 2 aromatic heterocycles. The maximum absolute atomic E-state index is 13.0. The molecule has 13 heteroatoms. The van der Waals surface area contributed by atoms with E-state index in [0.717, 1.165) is 30.6 Å². The molecule has 0 atom stereocenters. The Hall–Kier alpha value is -4.13. The molecule has 166 valence electrons. The minimum atomic E-state index is -1.10. The van der Waals surface area contributed by atoms with E-state index in [2.05, 4.69) is 40.7 Å². The third kappa shape index (κ3) is 4.46. The van der Waals surface area contributed by atoms with Gasteiger partial charge in [0, 0.05) is 12.1 Å². The molecular weight excluding hydrogens is 418 g/mol. The Balaban J connectivity index is 1.60. The molecule has 0 spiro atoms. The molecule has 0 unspecified atom stereocenters. The largest absolute Gasteiger partial charge is 0.478 e. The van der Waals surface area contributed by atoms with Crippen molar-refractivity contribution < 1.29 is 19.3 Å². The van der Waals surface area contributed by atoms with Gasteiger partial charge in [0.25, 0.3) is 5.91 Å². The molecule has 1 aliphatic rings. The van der Waals surface area contributed by atoms with Gasteiger partial charge < -0.3 is 10.8 Å². The molecule has 1 saturated heterocycles. The zero-order valence-corrected chi connectivity index (χ0v) is 17.0. The number of carbonyl (C=O) groups excluding carboxylic acids is 1. The topological polar surface area (TPSA) is 178 Å². The van der Waals surface area contributed by atoms with Crippen molar-refractivity contribution in [3.63, 3.8) is 0 Å². The first-order chi connectivity index (χ1) is 15.5. The number of carboxylic acids is 1. The Bertz CT molecular complexity index is 1150. The molecule has 0 saturated carbocycles. The number of likely N-dealkylation sites (tertiary alicyclic amines) is 1. The van der Waals surface area contributed by atoms with E-state index in [0.29, 0.717) is 17.8 Å². The highest BCUT2D eigenvalue weighted by molar-refractivity contribution is 5.99. The SMILES string of the molecule is Nc1nonc1-n1nnc(CN2CCCCC2)c1C(=O)N/N=C\c1ccccc1C(=O)O. The van der Waals surface area contributed by atoms with E-state index in [4.69, 9.17) is 5.73 Å². The van der Waals surface area contributed by atoms with E-state index in [9.17, 15) is 14.7 Å². The number of nitrogens with two attached hydrogens (primary N) is 1. The number of nitrogen functional groups attached to an aromatic ring is 1. The average Bonchev–Trinajstić information content (AvgIpc) is 3.40. The lowest BCUT2D eigenvalue weighted by Crippen LogP contribution is -2.31. The van der Waals surface area contributed by atoms with Crippen LogP contribution in [0.25, 0.3) is 5.82 Å². The van der Waals surface area contributed by atoms with Gasteiger partial charge in [-0.2, -0.15) is 9.78 Å². The molecule has 0 aliphatic carbocycles. The fraction of sp³-hybridized carbons (Fsp3) is 0.316. The number of anilines is 1. The summed E-state index contributed by atoms with van der Waals surface area (Å²) in [5, 5.41) is 28.6. The minimum absolute atomic E-state index is 0.0350. The highest BCUT2D eigenvalue weighted by Gasteiger charge is 2.26. The molecule has 13 nitrogen and oxygen atoms in total. The van der Waals surface area contributed by atoms with Crippen LogP contribution < -0.4 is 11.2 Å². The van der Waals surface area contributed by atoms with Crippen LogP contribution in [0.15, 0.2) is 34.0 Å². The summed E-state index contributed by atoms with van der Waals surface area (Å²) in [5.74, 6) is -1.73. The second kappa shape index (κ2) is 9.34. The molecule has 1 aliphatic heterocycles. The number of nitrogens with zero attached hydrogens (tertiary/aromatic N) is 7. The van der Waals surface area contributed by atoms with Gasteiger partial charge in [0.05, 0.1) is 11.8 Å². The minimum Gasteiger partial charge on any atom is -0.478 e. The predicted octanol–water partition coefficient (Wildman–Crippen LogP) is 0.681. The zero-order valence-electron chi connectivity index (χ0n) is 17.0. The number of benzene rings is 1. The van der Waals surface area contributed by atoms with Crippen molar-refractivity contribution in [3.05, 3.63) is 46.8 Å². The van der Waals surface area contributed by atoms with Crippen molar-refractivity contribution in [2.24, 2.45) is 5.10 Å². The van der Waals surface area contributed by atoms with Crippen molar-refractivity contribution in [1.82, 2.24) is 35.6 Å². The van der Waals surface area contributed by atoms with Crippen molar-refractivity contribution in [2.45, 2.75) is 25.8 Å². The van der Waals surface area contributed by atoms with Crippen molar-refractivity contribution in [1.29, 1.82) is 0 Å². The molecular formula is C19H21N9O4. The van der Waals surface area contributed by atoms with Crippen molar-refractivity contribution >= 4 is 23.9 Å². The van der Waals surface area contributed by atoms with Crippen LogP contribution in [0.2, 0.25) is 0 Å². The lowest BCUT2D eigenvalue weighted by molar-refractivity contribution is 0.0696. The summed E-state index contributed by atoms with van der Waals surface area (Å²) >= 11 is 0. The first-order valence-corrected chi connectivity index (χ1v) is 9.95. The third-order valence-corrected chi connectivity index (χ3v) is 5.03. The number of nitrogens with one attached hydrogen (secondary N) is 1. The summed E-state index contributed by atoms with van der Waals surface area (Å²) in [6, 6.07) is 6.30. The summed E-state index contributed by atoms with van der Waals surface area (Å²) in [6.07, 6.45) is 4.57. The maximum Gasteiger partial charge on any atom is 0.336 e. The van der Waals surface area contributed by atoms with Gasteiger partial charge in [-0.15, -0.1) is 5.10 Å². The van der Waals surface area contributed by atoms with Gasteiger partial charge in [0.2, 0.25) is 11.6 Å². The third-order valence-electron chi connectivity index (χ3n) is 5.03. The number of hydrogen-bond donors (Lipinski definition) is 3. The van der Waals surface area contributed by atoms with E-state index in [1.807, 2.05) is 0 Å². The maximum atomic E-state index is 13.0. The van der Waals surface area contributed by atoms with Gasteiger partial charge in [-0.25, -0.2) is 14.8 Å². The van der Waals surface area contributed by atoms with Gasteiger partial charge in [-0.1, -0.05) is 29.8 Å². The fourth-order valence-corrected chi connectivity index (χ4v) is 3.48. The van der Waals surface area contributed by atoms with Crippen LogP contribution in [0.5, 0.6) is 0 Å². The molecule has 4 N–H and O–H groups in total. The molecule has 0 radical (unpaired) electrons. The van der Waals surface area contributed by atoms with Crippen molar-refractivity contribution in [3.8, 4) is 5.82 Å². The molecule has 1 fully saturated rings. The number of hydrazone groups is 1. The Labute approximate surface area is 181 Å². The predicted molar refractivity (Wildman–Crippen MR) is 111 cm³/mol. The molecule has 4 rings (SSSR count). The lowest BCUT2D eigenvalue weighted by atomic mass is 10.1. The Morgan fingerprint density at radius 3 is 2.72 bits per heavy atom. The number of rotatable bonds is 7. The Kier molecular flexibility index (Phi) is 6.17. The summed E-state index contributed by atoms with van der Waals surface area (Å²) < 4.78 is 5.78. The highest BCUT2D eigenvalue weighted by Crippen LogP contribution is 2.19. The van der Waals surface area contributed by atoms with Crippen LogP contribution in [0.3, 0.4) is 0 Å². The number of aromatic carboxylic acids is 1. The molecule has 1 aromatic carbocycles. The van der Waals surface area contributed by atoms with Gasteiger partial charge in [-0.3, -0.25) is 9.69 Å². The van der Waals surface area contributed by atoms with Crippen LogP contribution in [0.4, 0.5) is 5.82 Å². The molecule has 32 heavy (non-hydrogen) atoms.